The zero-order valence-corrected chi connectivity index (χ0v) is 20.1. The highest BCUT2D eigenvalue weighted by atomic mass is 32.1. The first-order chi connectivity index (χ1) is 15.7. The quantitative estimate of drug-likeness (QED) is 0.338. The van der Waals surface area contributed by atoms with E-state index in [9.17, 15) is 14.4 Å². The van der Waals surface area contributed by atoms with Gasteiger partial charge < -0.3 is 0 Å². The molecule has 9 heteroatoms. The van der Waals surface area contributed by atoms with E-state index in [1.54, 1.807) is 29.8 Å². The summed E-state index contributed by atoms with van der Waals surface area (Å²) in [6, 6.07) is 9.06. The van der Waals surface area contributed by atoms with E-state index in [-0.39, 0.29) is 16.2 Å². The number of amides is 2. The first kappa shape index (κ1) is 22.6. The summed E-state index contributed by atoms with van der Waals surface area (Å²) in [7, 11) is 0. The number of thiocarbonyl (C=S) groups is 1. The van der Waals surface area contributed by atoms with Gasteiger partial charge in [-0.05, 0) is 76.7 Å². The predicted molar refractivity (Wildman–Crippen MR) is 131 cm³/mol. The third-order valence-corrected chi connectivity index (χ3v) is 6.34. The zero-order valence-electron chi connectivity index (χ0n) is 19.2. The summed E-state index contributed by atoms with van der Waals surface area (Å²) in [5, 5.41) is 0.737. The topological polar surface area (TPSA) is 80.4 Å². The van der Waals surface area contributed by atoms with Gasteiger partial charge in [0.1, 0.15) is 11.4 Å². The number of carbonyl (C=O) groups excluding carboxylic acids is 2. The van der Waals surface area contributed by atoms with Crippen molar-refractivity contribution < 1.29 is 9.59 Å². The van der Waals surface area contributed by atoms with Crippen LogP contribution in [0.5, 0.6) is 0 Å². The second-order valence-electron chi connectivity index (χ2n) is 7.87. The molecule has 0 atom stereocenters. The van der Waals surface area contributed by atoms with Crippen molar-refractivity contribution in [3.63, 3.8) is 0 Å². The van der Waals surface area contributed by atoms with Gasteiger partial charge in [0, 0.05) is 24.5 Å². The fraction of sp³-hybridized carbons (Fsp3) is 0.292. The van der Waals surface area contributed by atoms with Gasteiger partial charge in [-0.15, -0.1) is 0 Å². The number of hydrogen-bond acceptors (Lipinski definition) is 5. The minimum absolute atomic E-state index is 0.0493. The lowest BCUT2D eigenvalue weighted by molar-refractivity contribution is -0.133. The van der Waals surface area contributed by atoms with Crippen LogP contribution in [0.1, 0.15) is 36.6 Å². The standard InChI is InChI=1S/C24H25N5O3S/c1-6-26-21(30)19(22(31)27(7-2)24(26)33)13-17-12-14(3)28(15(17)4)29-16(5)25-20-11-9-8-10-18(20)23(29)32/h8-13H,6-7H2,1-5H3. The van der Waals surface area contributed by atoms with Crippen molar-refractivity contribution in [3.05, 3.63) is 69.0 Å². The van der Waals surface area contributed by atoms with Crippen LogP contribution in [-0.4, -0.2) is 54.2 Å². The highest BCUT2D eigenvalue weighted by molar-refractivity contribution is 7.80. The van der Waals surface area contributed by atoms with Gasteiger partial charge in [0.2, 0.25) is 0 Å². The average Bonchev–Trinajstić information content (AvgIpc) is 3.05. The van der Waals surface area contributed by atoms with Gasteiger partial charge in [-0.25, -0.2) is 4.98 Å². The monoisotopic (exact) mass is 463 g/mol. The normalized spacial score (nSPS) is 14.6. The maximum absolute atomic E-state index is 13.3. The van der Waals surface area contributed by atoms with E-state index in [1.807, 2.05) is 45.9 Å². The molecular formula is C24H25N5O3S. The third-order valence-electron chi connectivity index (χ3n) is 5.89. The number of rotatable bonds is 4. The molecular weight excluding hydrogens is 438 g/mol. The summed E-state index contributed by atoms with van der Waals surface area (Å²) in [6.07, 6.45) is 1.59. The van der Waals surface area contributed by atoms with Crippen LogP contribution in [0.2, 0.25) is 0 Å². The Bertz CT molecular complexity index is 1390. The van der Waals surface area contributed by atoms with Crippen molar-refractivity contribution in [2.75, 3.05) is 13.1 Å². The van der Waals surface area contributed by atoms with Gasteiger partial charge in [0.25, 0.3) is 17.4 Å². The minimum Gasteiger partial charge on any atom is -0.285 e. The molecule has 1 aliphatic heterocycles. The molecule has 3 aromatic rings. The molecule has 1 saturated heterocycles. The zero-order chi connectivity index (χ0) is 24.0. The van der Waals surface area contributed by atoms with Gasteiger partial charge in [-0.1, -0.05) is 12.1 Å². The molecule has 0 radical (unpaired) electrons. The molecule has 2 aromatic heterocycles. The summed E-state index contributed by atoms with van der Waals surface area (Å²) in [6.45, 7) is 9.87. The van der Waals surface area contributed by atoms with Gasteiger partial charge in [0.15, 0.2) is 5.11 Å². The summed E-state index contributed by atoms with van der Waals surface area (Å²) in [4.78, 5) is 46.8. The van der Waals surface area contributed by atoms with Crippen LogP contribution in [0.15, 0.2) is 40.7 Å². The van der Waals surface area contributed by atoms with Crippen LogP contribution >= 0.6 is 12.2 Å². The van der Waals surface area contributed by atoms with Crippen LogP contribution in [0.4, 0.5) is 0 Å². The van der Waals surface area contributed by atoms with Crippen LogP contribution < -0.4 is 5.56 Å². The molecule has 1 aromatic carbocycles. The number of aromatic nitrogens is 3. The fourth-order valence-electron chi connectivity index (χ4n) is 4.24. The van der Waals surface area contributed by atoms with Crippen molar-refractivity contribution in [2.24, 2.45) is 0 Å². The van der Waals surface area contributed by atoms with E-state index in [0.717, 1.165) is 5.69 Å². The van der Waals surface area contributed by atoms with Gasteiger partial charge in [0.05, 0.1) is 10.9 Å². The molecule has 0 bridgehead atoms. The summed E-state index contributed by atoms with van der Waals surface area (Å²) >= 11 is 5.33. The molecule has 1 fully saturated rings. The molecule has 2 amide bonds. The fourth-order valence-corrected chi connectivity index (χ4v) is 4.66. The average molecular weight is 464 g/mol. The number of benzene rings is 1. The van der Waals surface area contributed by atoms with Crippen molar-refractivity contribution in [1.82, 2.24) is 24.1 Å². The molecule has 4 rings (SSSR count). The lowest BCUT2D eigenvalue weighted by atomic mass is 10.1. The van der Waals surface area contributed by atoms with Crippen molar-refractivity contribution >= 4 is 46.1 Å². The maximum Gasteiger partial charge on any atom is 0.280 e. The van der Waals surface area contributed by atoms with Gasteiger partial charge in [-0.3, -0.25) is 28.9 Å². The molecule has 33 heavy (non-hydrogen) atoms. The summed E-state index contributed by atoms with van der Waals surface area (Å²) in [5.74, 6) is -0.297. The Labute approximate surface area is 196 Å². The smallest absolute Gasteiger partial charge is 0.280 e. The van der Waals surface area contributed by atoms with Crippen molar-refractivity contribution in [1.29, 1.82) is 0 Å². The van der Waals surface area contributed by atoms with Crippen LogP contribution in [0.25, 0.3) is 17.0 Å². The number of likely N-dealkylation sites (N-methyl/N-ethyl adjacent to an activating group) is 2. The van der Waals surface area contributed by atoms with Gasteiger partial charge in [-0.2, -0.15) is 4.68 Å². The molecule has 170 valence electrons. The Hall–Kier alpha value is -3.59. The van der Waals surface area contributed by atoms with E-state index in [1.165, 1.54) is 14.5 Å². The number of carbonyl (C=O) groups is 2. The van der Waals surface area contributed by atoms with E-state index >= 15 is 0 Å². The number of hydrogen-bond donors (Lipinski definition) is 0. The van der Waals surface area contributed by atoms with E-state index < -0.39 is 11.8 Å². The molecule has 8 nitrogen and oxygen atoms in total. The van der Waals surface area contributed by atoms with Crippen LogP contribution in [0.3, 0.4) is 0 Å². The predicted octanol–water partition coefficient (Wildman–Crippen LogP) is 2.81. The molecule has 0 unspecified atom stereocenters. The first-order valence-electron chi connectivity index (χ1n) is 10.8. The Balaban J connectivity index is 1.89. The first-order valence-corrected chi connectivity index (χ1v) is 11.2. The van der Waals surface area contributed by atoms with E-state index in [4.69, 9.17) is 12.2 Å². The molecule has 1 aliphatic rings. The lowest BCUT2D eigenvalue weighted by Gasteiger charge is -2.35. The number of fused-ring (bicyclic) bond motifs is 1. The van der Waals surface area contributed by atoms with E-state index in [2.05, 4.69) is 4.98 Å². The summed E-state index contributed by atoms with van der Waals surface area (Å²) < 4.78 is 3.28. The number of aryl methyl sites for hydroxylation is 2. The second kappa shape index (κ2) is 8.40. The van der Waals surface area contributed by atoms with Crippen molar-refractivity contribution in [3.8, 4) is 0 Å². The summed E-state index contributed by atoms with van der Waals surface area (Å²) in [5.41, 5.74) is 2.64. The molecule has 0 N–H and O–H groups in total. The van der Waals surface area contributed by atoms with Crippen LogP contribution in [-0.2, 0) is 9.59 Å². The minimum atomic E-state index is -0.414. The Morgan fingerprint density at radius 3 is 2.15 bits per heavy atom. The van der Waals surface area contributed by atoms with Crippen molar-refractivity contribution in [2.45, 2.75) is 34.6 Å². The molecule has 0 saturated carbocycles. The molecule has 0 spiro atoms. The Kier molecular flexibility index (Phi) is 5.75. The SMILES string of the molecule is CCN1C(=O)C(=Cc2cc(C)n(-n3c(C)nc4ccccc4c3=O)c2C)C(=O)N(CC)C1=S. The largest absolute Gasteiger partial charge is 0.285 e. The highest BCUT2D eigenvalue weighted by Crippen LogP contribution is 2.24. The number of nitrogens with zero attached hydrogens (tertiary/aromatic N) is 5. The lowest BCUT2D eigenvalue weighted by Crippen LogP contribution is -2.55. The molecule has 3 heterocycles. The van der Waals surface area contributed by atoms with Crippen LogP contribution in [0, 0.1) is 20.8 Å². The van der Waals surface area contributed by atoms with E-state index in [0.29, 0.717) is 41.1 Å². The Morgan fingerprint density at radius 2 is 1.55 bits per heavy atom. The second-order valence-corrected chi connectivity index (χ2v) is 8.24. The Morgan fingerprint density at radius 1 is 0.939 bits per heavy atom. The highest BCUT2D eigenvalue weighted by Gasteiger charge is 2.38. The van der Waals surface area contributed by atoms with Gasteiger partial charge >= 0.3 is 0 Å². The maximum atomic E-state index is 13.3. The third kappa shape index (κ3) is 3.48. The molecule has 0 aliphatic carbocycles. The number of para-hydroxylation sites is 1.